The maximum Gasteiger partial charge on any atom is 0.158 e. The second-order valence-corrected chi connectivity index (χ2v) is 2.96. The molecule has 4 nitrogen and oxygen atoms in total. The lowest BCUT2D eigenvalue weighted by atomic mass is 9.99. The van der Waals surface area contributed by atoms with Gasteiger partial charge in [0.05, 0.1) is 0 Å². The van der Waals surface area contributed by atoms with Gasteiger partial charge >= 0.3 is 0 Å². The summed E-state index contributed by atoms with van der Waals surface area (Å²) in [5.74, 6) is 0. The Morgan fingerprint density at radius 1 is 1.36 bits per heavy atom. The first-order valence-corrected chi connectivity index (χ1v) is 3.60. The Bertz CT molecular complexity index is 103. The molecule has 0 saturated heterocycles. The van der Waals surface area contributed by atoms with Crippen LogP contribution in [0.3, 0.4) is 0 Å². The second-order valence-electron chi connectivity index (χ2n) is 2.96. The summed E-state index contributed by atoms with van der Waals surface area (Å²) >= 11 is 0. The van der Waals surface area contributed by atoms with Crippen molar-refractivity contribution in [2.24, 2.45) is 11.5 Å². The Morgan fingerprint density at radius 3 is 2.09 bits per heavy atom. The lowest BCUT2D eigenvalue weighted by molar-refractivity contribution is -0.114. The summed E-state index contributed by atoms with van der Waals surface area (Å²) in [4.78, 5) is 0. The predicted molar refractivity (Wildman–Crippen MR) is 44.1 cm³/mol. The Hall–Kier alpha value is -0.160. The summed E-state index contributed by atoms with van der Waals surface area (Å²) in [6, 6.07) is 0. The van der Waals surface area contributed by atoms with Crippen LogP contribution in [0.4, 0.5) is 0 Å². The molecule has 1 atom stereocenters. The topological polar surface area (TPSA) is 70.5 Å². The largest absolute Gasteiger partial charge is 0.356 e. The van der Waals surface area contributed by atoms with Crippen molar-refractivity contribution < 1.29 is 9.47 Å². The van der Waals surface area contributed by atoms with Crippen LogP contribution in [0.2, 0.25) is 0 Å². The van der Waals surface area contributed by atoms with E-state index in [4.69, 9.17) is 20.9 Å². The van der Waals surface area contributed by atoms with E-state index in [0.29, 0.717) is 13.0 Å². The molecule has 0 aliphatic carbocycles. The molecule has 0 aromatic rings. The highest BCUT2D eigenvalue weighted by Crippen LogP contribution is 2.09. The summed E-state index contributed by atoms with van der Waals surface area (Å²) in [6.45, 7) is 2.30. The molecule has 1 unspecified atom stereocenters. The van der Waals surface area contributed by atoms with Gasteiger partial charge in [0.25, 0.3) is 0 Å². The van der Waals surface area contributed by atoms with Crippen LogP contribution in [0.15, 0.2) is 0 Å². The summed E-state index contributed by atoms with van der Waals surface area (Å²) in [6.07, 6.45) is 0.352. The van der Waals surface area contributed by atoms with E-state index in [1.54, 1.807) is 14.2 Å². The SMILES string of the molecule is COC(CC(C)(N)CN)OC. The van der Waals surface area contributed by atoms with Gasteiger partial charge < -0.3 is 20.9 Å². The van der Waals surface area contributed by atoms with Gasteiger partial charge in [-0.1, -0.05) is 0 Å². The van der Waals surface area contributed by atoms with Crippen LogP contribution in [-0.2, 0) is 9.47 Å². The molecule has 11 heavy (non-hydrogen) atoms. The molecule has 0 heterocycles. The van der Waals surface area contributed by atoms with Crippen LogP contribution in [0.25, 0.3) is 0 Å². The van der Waals surface area contributed by atoms with Gasteiger partial charge in [-0.25, -0.2) is 0 Å². The monoisotopic (exact) mass is 162 g/mol. The fourth-order valence-electron chi connectivity index (χ4n) is 0.727. The molecule has 0 bridgehead atoms. The van der Waals surface area contributed by atoms with Gasteiger partial charge in [0, 0.05) is 32.7 Å². The summed E-state index contributed by atoms with van der Waals surface area (Å²) in [7, 11) is 3.17. The number of methoxy groups -OCH3 is 2. The predicted octanol–water partition coefficient (Wildman–Crippen LogP) is -0.328. The van der Waals surface area contributed by atoms with Crippen molar-refractivity contribution >= 4 is 0 Å². The quantitative estimate of drug-likeness (QED) is 0.543. The van der Waals surface area contributed by atoms with Crippen LogP contribution < -0.4 is 11.5 Å². The standard InChI is InChI=1S/C7H18N2O2/c1-7(9,5-8)4-6(10-2)11-3/h6H,4-5,8-9H2,1-3H3. The first kappa shape index (κ1) is 10.8. The van der Waals surface area contributed by atoms with Crippen molar-refractivity contribution in [3.05, 3.63) is 0 Å². The summed E-state index contributed by atoms with van der Waals surface area (Å²) in [5.41, 5.74) is 10.8. The first-order chi connectivity index (χ1) is 5.05. The Labute approximate surface area is 67.8 Å². The molecule has 0 rings (SSSR count). The highest BCUT2D eigenvalue weighted by atomic mass is 16.7. The van der Waals surface area contributed by atoms with E-state index in [-0.39, 0.29) is 6.29 Å². The zero-order chi connectivity index (χ0) is 8.91. The molecular formula is C7H18N2O2. The molecule has 0 aliphatic rings. The van der Waals surface area contributed by atoms with Crippen LogP contribution in [0.1, 0.15) is 13.3 Å². The third-order valence-electron chi connectivity index (χ3n) is 1.63. The van der Waals surface area contributed by atoms with Crippen molar-refractivity contribution in [1.29, 1.82) is 0 Å². The van der Waals surface area contributed by atoms with Crippen LogP contribution >= 0.6 is 0 Å². The Balaban J connectivity index is 3.79. The number of hydrogen-bond donors (Lipinski definition) is 2. The average Bonchev–Trinajstić information content (AvgIpc) is 2.00. The smallest absolute Gasteiger partial charge is 0.158 e. The third kappa shape index (κ3) is 4.31. The maximum atomic E-state index is 5.78. The summed E-state index contributed by atoms with van der Waals surface area (Å²) in [5, 5.41) is 0. The Kier molecular flexibility index (Phi) is 4.60. The van der Waals surface area contributed by atoms with Crippen LogP contribution in [-0.4, -0.2) is 32.6 Å². The van der Waals surface area contributed by atoms with E-state index in [2.05, 4.69) is 0 Å². The Morgan fingerprint density at radius 2 is 1.82 bits per heavy atom. The van der Waals surface area contributed by atoms with E-state index < -0.39 is 5.54 Å². The minimum atomic E-state index is -0.406. The molecule has 4 heteroatoms. The molecule has 0 fully saturated rings. The van der Waals surface area contributed by atoms with E-state index in [9.17, 15) is 0 Å². The zero-order valence-electron chi connectivity index (χ0n) is 7.46. The van der Waals surface area contributed by atoms with Gasteiger partial charge in [-0.05, 0) is 6.92 Å². The van der Waals surface area contributed by atoms with Gasteiger partial charge in [0.1, 0.15) is 0 Å². The zero-order valence-corrected chi connectivity index (χ0v) is 7.46. The highest BCUT2D eigenvalue weighted by molar-refractivity contribution is 4.80. The molecule has 0 amide bonds. The molecule has 0 radical (unpaired) electrons. The van der Waals surface area contributed by atoms with Crippen LogP contribution in [0, 0.1) is 0 Å². The molecular weight excluding hydrogens is 144 g/mol. The highest BCUT2D eigenvalue weighted by Gasteiger charge is 2.21. The number of hydrogen-bond acceptors (Lipinski definition) is 4. The first-order valence-electron chi connectivity index (χ1n) is 3.60. The normalized spacial score (nSPS) is 16.9. The van der Waals surface area contributed by atoms with E-state index in [1.807, 2.05) is 6.92 Å². The molecule has 0 aliphatic heterocycles. The number of rotatable bonds is 5. The average molecular weight is 162 g/mol. The van der Waals surface area contributed by atoms with E-state index in [1.165, 1.54) is 0 Å². The molecule has 0 spiro atoms. The van der Waals surface area contributed by atoms with Crippen molar-refractivity contribution in [1.82, 2.24) is 0 Å². The number of nitrogens with two attached hydrogens (primary N) is 2. The fourth-order valence-corrected chi connectivity index (χ4v) is 0.727. The molecule has 0 saturated carbocycles. The lowest BCUT2D eigenvalue weighted by Crippen LogP contribution is -2.47. The van der Waals surface area contributed by atoms with E-state index in [0.717, 1.165) is 0 Å². The molecule has 4 N–H and O–H groups in total. The van der Waals surface area contributed by atoms with Crippen molar-refractivity contribution in [3.8, 4) is 0 Å². The molecule has 68 valence electrons. The molecule has 0 aromatic heterocycles. The van der Waals surface area contributed by atoms with Crippen LogP contribution in [0.5, 0.6) is 0 Å². The van der Waals surface area contributed by atoms with Gasteiger partial charge in [-0.15, -0.1) is 0 Å². The van der Waals surface area contributed by atoms with Crippen molar-refractivity contribution in [2.45, 2.75) is 25.2 Å². The number of ether oxygens (including phenoxy) is 2. The maximum absolute atomic E-state index is 5.78. The van der Waals surface area contributed by atoms with Crippen molar-refractivity contribution in [3.63, 3.8) is 0 Å². The van der Waals surface area contributed by atoms with E-state index >= 15 is 0 Å². The van der Waals surface area contributed by atoms with Gasteiger partial charge in [0.2, 0.25) is 0 Å². The molecule has 0 aromatic carbocycles. The minimum absolute atomic E-state index is 0.256. The van der Waals surface area contributed by atoms with Gasteiger partial charge in [0.15, 0.2) is 6.29 Å². The third-order valence-corrected chi connectivity index (χ3v) is 1.63. The summed E-state index contributed by atoms with van der Waals surface area (Å²) < 4.78 is 9.96. The minimum Gasteiger partial charge on any atom is -0.356 e. The lowest BCUT2D eigenvalue weighted by Gasteiger charge is -2.26. The van der Waals surface area contributed by atoms with Crippen molar-refractivity contribution in [2.75, 3.05) is 20.8 Å². The van der Waals surface area contributed by atoms with Gasteiger partial charge in [-0.3, -0.25) is 0 Å². The van der Waals surface area contributed by atoms with Gasteiger partial charge in [-0.2, -0.15) is 0 Å². The second kappa shape index (κ2) is 4.66. The fraction of sp³-hybridized carbons (Fsp3) is 1.00.